The number of nitrogens with one attached hydrogen (secondary N) is 1. The number of aryl methyl sites for hydroxylation is 1. The van der Waals surface area contributed by atoms with Gasteiger partial charge in [0.25, 0.3) is 0 Å². The van der Waals surface area contributed by atoms with Gasteiger partial charge in [-0.05, 0) is 19.1 Å². The van der Waals surface area contributed by atoms with Crippen molar-refractivity contribution in [3.63, 3.8) is 0 Å². The van der Waals surface area contributed by atoms with Gasteiger partial charge in [-0.1, -0.05) is 65.9 Å². The van der Waals surface area contributed by atoms with E-state index < -0.39 is 0 Å². The molecule has 5 rings (SSSR count). The van der Waals surface area contributed by atoms with Gasteiger partial charge < -0.3 is 5.32 Å². The molecule has 0 aliphatic carbocycles. The van der Waals surface area contributed by atoms with Gasteiger partial charge in [0.2, 0.25) is 5.91 Å². The van der Waals surface area contributed by atoms with Gasteiger partial charge in [-0.2, -0.15) is 0 Å². The second-order valence-electron chi connectivity index (χ2n) is 7.82. The summed E-state index contributed by atoms with van der Waals surface area (Å²) in [5.74, 6) is 0.760. The first-order valence-electron chi connectivity index (χ1n) is 11.0. The third-order valence-corrected chi connectivity index (χ3v) is 7.00. The summed E-state index contributed by atoms with van der Waals surface area (Å²) >= 11 is 2.71. The quantitative estimate of drug-likeness (QED) is 0.214. The predicted molar refractivity (Wildman–Crippen MR) is 143 cm³/mol. The van der Waals surface area contributed by atoms with Crippen molar-refractivity contribution in [2.75, 3.05) is 11.1 Å². The van der Waals surface area contributed by atoms with Gasteiger partial charge in [0.1, 0.15) is 0 Å². The van der Waals surface area contributed by atoms with Gasteiger partial charge in [0.15, 0.2) is 16.1 Å². The number of carbonyl (C=O) groups is 1. The predicted octanol–water partition coefficient (Wildman–Crippen LogP) is 5.84. The van der Waals surface area contributed by atoms with Crippen LogP contribution in [0.2, 0.25) is 0 Å². The molecule has 0 saturated carbocycles. The molecule has 0 fully saturated rings. The number of allylic oxidation sites excluding steroid dienone is 1. The minimum absolute atomic E-state index is 0.143. The molecule has 0 spiro atoms. The van der Waals surface area contributed by atoms with Gasteiger partial charge in [0, 0.05) is 34.6 Å². The number of para-hydroxylation sites is 1. The van der Waals surface area contributed by atoms with E-state index in [4.69, 9.17) is 4.98 Å². The molecule has 1 N–H and O–H groups in total. The Morgan fingerprint density at radius 1 is 1.17 bits per heavy atom. The first kappa shape index (κ1) is 22.9. The van der Waals surface area contributed by atoms with Crippen LogP contribution in [-0.4, -0.2) is 36.4 Å². The number of pyridine rings is 1. The second-order valence-corrected chi connectivity index (χ2v) is 9.65. The summed E-state index contributed by atoms with van der Waals surface area (Å²) in [6, 6.07) is 18.4. The van der Waals surface area contributed by atoms with Crippen molar-refractivity contribution in [3.05, 3.63) is 84.4 Å². The molecule has 35 heavy (non-hydrogen) atoms. The lowest BCUT2D eigenvalue weighted by molar-refractivity contribution is -0.113. The van der Waals surface area contributed by atoms with Crippen molar-refractivity contribution >= 4 is 45.0 Å². The number of rotatable bonds is 8. The number of hydrogen-bond donors (Lipinski definition) is 1. The topological polar surface area (TPSA) is 85.6 Å². The van der Waals surface area contributed by atoms with Crippen LogP contribution in [0.1, 0.15) is 5.56 Å². The minimum Gasteiger partial charge on any atom is -0.301 e. The number of amides is 1. The van der Waals surface area contributed by atoms with Crippen LogP contribution < -0.4 is 5.32 Å². The number of benzene rings is 2. The monoisotopic (exact) mass is 498 g/mol. The molecule has 3 aromatic heterocycles. The first-order valence-corrected chi connectivity index (χ1v) is 12.8. The molecule has 3 heterocycles. The van der Waals surface area contributed by atoms with Crippen molar-refractivity contribution in [2.24, 2.45) is 0 Å². The van der Waals surface area contributed by atoms with Crippen molar-refractivity contribution in [1.82, 2.24) is 24.7 Å². The van der Waals surface area contributed by atoms with E-state index in [0.29, 0.717) is 22.7 Å². The molecule has 0 bridgehead atoms. The zero-order valence-electron chi connectivity index (χ0n) is 19.0. The van der Waals surface area contributed by atoms with Crippen LogP contribution in [0.15, 0.2) is 84.0 Å². The van der Waals surface area contributed by atoms with E-state index in [9.17, 15) is 4.79 Å². The number of hydrogen-bond acceptors (Lipinski definition) is 7. The molecule has 1 amide bonds. The lowest BCUT2D eigenvalue weighted by atomic mass is 10.0. The van der Waals surface area contributed by atoms with E-state index >= 15 is 0 Å². The molecule has 0 saturated heterocycles. The van der Waals surface area contributed by atoms with Crippen LogP contribution in [0.3, 0.4) is 0 Å². The molecule has 7 nitrogen and oxygen atoms in total. The van der Waals surface area contributed by atoms with E-state index in [1.807, 2.05) is 34.2 Å². The Balaban J connectivity index is 1.52. The molecule has 0 aliphatic heterocycles. The van der Waals surface area contributed by atoms with Gasteiger partial charge in [-0.25, -0.2) is 9.97 Å². The maximum absolute atomic E-state index is 12.4. The summed E-state index contributed by atoms with van der Waals surface area (Å²) in [4.78, 5) is 21.4. The smallest absolute Gasteiger partial charge is 0.236 e. The normalized spacial score (nSPS) is 11.0. The third-order valence-electron chi connectivity index (χ3n) is 5.34. The van der Waals surface area contributed by atoms with Gasteiger partial charge in [-0.15, -0.1) is 28.1 Å². The Kier molecular flexibility index (Phi) is 6.69. The zero-order chi connectivity index (χ0) is 24.2. The third kappa shape index (κ3) is 5.01. The molecular formula is C26H22N6OS2. The van der Waals surface area contributed by atoms with Crippen LogP contribution in [0.25, 0.3) is 33.5 Å². The van der Waals surface area contributed by atoms with Crippen molar-refractivity contribution < 1.29 is 4.79 Å². The summed E-state index contributed by atoms with van der Waals surface area (Å²) in [6.45, 7) is 6.48. The molecule has 0 atom stereocenters. The SMILES string of the molecule is C=CCn1c(SCC(=O)Nc2nccs2)nnc1-c1cc(-c2ccc(C)cc2)nc2ccccc12. The largest absolute Gasteiger partial charge is 0.301 e. The van der Waals surface area contributed by atoms with E-state index in [2.05, 4.69) is 64.3 Å². The summed E-state index contributed by atoms with van der Waals surface area (Å²) in [7, 11) is 0. The zero-order valence-corrected chi connectivity index (χ0v) is 20.6. The number of fused-ring (bicyclic) bond motifs is 1. The Hall–Kier alpha value is -3.82. The highest BCUT2D eigenvalue weighted by atomic mass is 32.2. The molecule has 174 valence electrons. The fourth-order valence-electron chi connectivity index (χ4n) is 3.69. The lowest BCUT2D eigenvalue weighted by Crippen LogP contribution is -2.14. The highest BCUT2D eigenvalue weighted by Gasteiger charge is 2.19. The Labute approximate surface area is 211 Å². The fraction of sp³-hybridized carbons (Fsp3) is 0.115. The van der Waals surface area contributed by atoms with Gasteiger partial charge in [-0.3, -0.25) is 9.36 Å². The molecule has 0 aliphatic rings. The molecular weight excluding hydrogens is 476 g/mol. The standard InChI is InChI=1S/C26H22N6OS2/c1-3-13-32-24(30-31-26(32)35-16-23(33)29-25-27-12-14-34-25)20-15-22(18-10-8-17(2)9-11-18)28-21-7-5-4-6-19(20)21/h3-12,14-15H,1,13,16H2,2H3,(H,27,29,33). The molecule has 2 aromatic carbocycles. The van der Waals surface area contributed by atoms with E-state index in [1.165, 1.54) is 28.7 Å². The fourth-order valence-corrected chi connectivity index (χ4v) is 4.98. The number of thiazole rings is 1. The number of carbonyl (C=O) groups excluding carboxylic acids is 1. The Morgan fingerprint density at radius 2 is 2.00 bits per heavy atom. The molecule has 0 radical (unpaired) electrons. The van der Waals surface area contributed by atoms with Crippen LogP contribution in [0.4, 0.5) is 5.13 Å². The summed E-state index contributed by atoms with van der Waals surface area (Å²) in [5, 5.41) is 15.8. The maximum atomic E-state index is 12.4. The average molecular weight is 499 g/mol. The Bertz CT molecular complexity index is 1490. The molecule has 5 aromatic rings. The second kappa shape index (κ2) is 10.2. The molecule has 0 unspecified atom stereocenters. The summed E-state index contributed by atoms with van der Waals surface area (Å²) in [5.41, 5.74) is 4.90. The van der Waals surface area contributed by atoms with E-state index in [-0.39, 0.29) is 11.7 Å². The van der Waals surface area contributed by atoms with Crippen molar-refractivity contribution in [1.29, 1.82) is 0 Å². The number of aromatic nitrogens is 5. The number of anilines is 1. The first-order chi connectivity index (χ1) is 17.1. The number of thioether (sulfide) groups is 1. The lowest BCUT2D eigenvalue weighted by Gasteiger charge is -2.12. The summed E-state index contributed by atoms with van der Waals surface area (Å²) < 4.78 is 1.98. The minimum atomic E-state index is -0.143. The molecule has 9 heteroatoms. The van der Waals surface area contributed by atoms with Crippen LogP contribution in [-0.2, 0) is 11.3 Å². The van der Waals surface area contributed by atoms with Crippen LogP contribution >= 0.6 is 23.1 Å². The Morgan fingerprint density at radius 3 is 2.77 bits per heavy atom. The van der Waals surface area contributed by atoms with Crippen molar-refractivity contribution in [3.8, 4) is 22.6 Å². The maximum Gasteiger partial charge on any atom is 0.236 e. The number of nitrogens with zero attached hydrogens (tertiary/aromatic N) is 5. The summed E-state index contributed by atoms with van der Waals surface area (Å²) in [6.07, 6.45) is 3.46. The average Bonchev–Trinajstić information content (AvgIpc) is 3.53. The van der Waals surface area contributed by atoms with Crippen molar-refractivity contribution in [2.45, 2.75) is 18.6 Å². The van der Waals surface area contributed by atoms with E-state index in [1.54, 1.807) is 12.3 Å². The highest BCUT2D eigenvalue weighted by molar-refractivity contribution is 7.99. The highest BCUT2D eigenvalue weighted by Crippen LogP contribution is 2.33. The van der Waals surface area contributed by atoms with E-state index in [0.717, 1.165) is 27.7 Å². The van der Waals surface area contributed by atoms with Crippen LogP contribution in [0, 0.1) is 6.92 Å². The van der Waals surface area contributed by atoms with Gasteiger partial charge in [0.05, 0.1) is 17.0 Å². The van der Waals surface area contributed by atoms with Crippen LogP contribution in [0.5, 0.6) is 0 Å². The van der Waals surface area contributed by atoms with Gasteiger partial charge >= 0.3 is 0 Å².